The second-order valence-corrected chi connectivity index (χ2v) is 6.84. The third kappa shape index (κ3) is 3.46. The molecule has 2 heterocycles. The third-order valence-electron chi connectivity index (χ3n) is 3.67. The Morgan fingerprint density at radius 1 is 1.20 bits per heavy atom. The highest BCUT2D eigenvalue weighted by Gasteiger charge is 2.20. The molecule has 0 aliphatic heterocycles. The van der Waals surface area contributed by atoms with Crippen LogP contribution in [0.4, 0.5) is 5.00 Å². The first-order chi connectivity index (χ1) is 12.0. The summed E-state index contributed by atoms with van der Waals surface area (Å²) in [5, 5.41) is 7.39. The fourth-order valence-electron chi connectivity index (χ4n) is 2.48. The van der Waals surface area contributed by atoms with Crippen LogP contribution in [0.3, 0.4) is 0 Å². The maximum Gasteiger partial charge on any atom is 0.274 e. The maximum atomic E-state index is 12.6. The number of nitrogens with zero attached hydrogens (tertiary/aromatic N) is 2. The lowest BCUT2D eigenvalue weighted by atomic mass is 10.1. The average molecular weight is 354 g/mol. The predicted octanol–water partition coefficient (Wildman–Crippen LogP) is 3.54. The summed E-state index contributed by atoms with van der Waals surface area (Å²) in [7, 11) is 0. The number of thiophene rings is 1. The Labute approximate surface area is 149 Å². The van der Waals surface area contributed by atoms with Gasteiger partial charge in [0.15, 0.2) is 0 Å². The molecule has 0 unspecified atom stereocenters. The van der Waals surface area contributed by atoms with Crippen LogP contribution >= 0.6 is 11.3 Å². The topological polar surface area (TPSA) is 90.0 Å². The number of hydrogen-bond acceptors (Lipinski definition) is 4. The summed E-state index contributed by atoms with van der Waals surface area (Å²) in [6, 6.07) is 13.0. The molecule has 1 aromatic carbocycles. The molecular formula is C18H18N4O2S. The van der Waals surface area contributed by atoms with Gasteiger partial charge < -0.3 is 11.1 Å². The molecule has 0 atom stereocenters. The largest absolute Gasteiger partial charge is 0.366 e. The minimum Gasteiger partial charge on any atom is -0.366 e. The van der Waals surface area contributed by atoms with Gasteiger partial charge in [0.25, 0.3) is 11.8 Å². The molecule has 3 rings (SSSR count). The fourth-order valence-corrected chi connectivity index (χ4v) is 3.55. The van der Waals surface area contributed by atoms with Crippen LogP contribution in [0.1, 0.15) is 40.7 Å². The Hall–Kier alpha value is -2.93. The lowest BCUT2D eigenvalue weighted by Crippen LogP contribution is -2.20. The summed E-state index contributed by atoms with van der Waals surface area (Å²) in [6.45, 7) is 3.88. The molecule has 25 heavy (non-hydrogen) atoms. The first-order valence-electron chi connectivity index (χ1n) is 7.81. The minimum absolute atomic E-state index is 0.0505. The summed E-state index contributed by atoms with van der Waals surface area (Å²) >= 11 is 1.32. The Morgan fingerprint density at radius 3 is 2.56 bits per heavy atom. The van der Waals surface area contributed by atoms with Gasteiger partial charge >= 0.3 is 0 Å². The zero-order chi connectivity index (χ0) is 18.0. The normalized spacial score (nSPS) is 10.8. The van der Waals surface area contributed by atoms with E-state index in [0.717, 1.165) is 10.4 Å². The van der Waals surface area contributed by atoms with E-state index in [4.69, 9.17) is 5.73 Å². The Bertz CT molecular complexity index is 912. The number of hydrogen-bond donors (Lipinski definition) is 2. The van der Waals surface area contributed by atoms with Crippen molar-refractivity contribution in [3.63, 3.8) is 0 Å². The zero-order valence-corrected chi connectivity index (χ0v) is 14.7. The number of nitrogens with one attached hydrogen (secondary N) is 1. The van der Waals surface area contributed by atoms with Crippen LogP contribution in [0, 0.1) is 0 Å². The van der Waals surface area contributed by atoms with Gasteiger partial charge in [0.2, 0.25) is 0 Å². The molecule has 0 fully saturated rings. The quantitative estimate of drug-likeness (QED) is 0.734. The molecule has 0 bridgehead atoms. The molecule has 7 heteroatoms. The number of benzene rings is 1. The lowest BCUT2D eigenvalue weighted by molar-refractivity contribution is 0.100. The van der Waals surface area contributed by atoms with Gasteiger partial charge in [-0.05, 0) is 31.5 Å². The van der Waals surface area contributed by atoms with Crippen LogP contribution in [0.25, 0.3) is 10.4 Å². The summed E-state index contributed by atoms with van der Waals surface area (Å²) in [5.41, 5.74) is 7.17. The first kappa shape index (κ1) is 16.9. The monoisotopic (exact) mass is 354 g/mol. The van der Waals surface area contributed by atoms with Crippen molar-refractivity contribution in [3.05, 3.63) is 59.9 Å². The van der Waals surface area contributed by atoms with Crippen molar-refractivity contribution in [2.75, 3.05) is 5.32 Å². The van der Waals surface area contributed by atoms with Gasteiger partial charge in [-0.3, -0.25) is 14.3 Å². The van der Waals surface area contributed by atoms with E-state index >= 15 is 0 Å². The minimum atomic E-state index is -0.578. The van der Waals surface area contributed by atoms with Crippen LogP contribution in [-0.4, -0.2) is 21.6 Å². The molecule has 6 nitrogen and oxygen atoms in total. The van der Waals surface area contributed by atoms with Gasteiger partial charge in [-0.2, -0.15) is 5.10 Å². The Balaban J connectivity index is 1.94. The van der Waals surface area contributed by atoms with Crippen LogP contribution in [0.2, 0.25) is 0 Å². The second kappa shape index (κ2) is 6.90. The van der Waals surface area contributed by atoms with Crippen molar-refractivity contribution in [1.29, 1.82) is 0 Å². The first-order valence-corrected chi connectivity index (χ1v) is 8.63. The number of carbonyl (C=O) groups excluding carboxylic acids is 2. The Morgan fingerprint density at radius 2 is 1.92 bits per heavy atom. The standard InChI is InChI=1S/C18H18N4O2S/c1-11(2)22-14(8-9-20-22)17(24)21-18-13(16(19)23)10-15(25-18)12-6-4-3-5-7-12/h3-11H,1-2H3,(H2,19,23)(H,21,24). The highest BCUT2D eigenvalue weighted by molar-refractivity contribution is 7.20. The van der Waals surface area contributed by atoms with Gasteiger partial charge in [-0.15, -0.1) is 11.3 Å². The van der Waals surface area contributed by atoms with Gasteiger partial charge in [0.05, 0.1) is 5.56 Å². The van der Waals surface area contributed by atoms with E-state index in [9.17, 15) is 9.59 Å². The van der Waals surface area contributed by atoms with E-state index < -0.39 is 5.91 Å². The highest BCUT2D eigenvalue weighted by atomic mass is 32.1. The lowest BCUT2D eigenvalue weighted by Gasteiger charge is -2.10. The number of aromatic nitrogens is 2. The number of anilines is 1. The number of amides is 2. The third-order valence-corrected chi connectivity index (χ3v) is 4.77. The SMILES string of the molecule is CC(C)n1nccc1C(=O)Nc1sc(-c2ccccc2)cc1C(N)=O. The van der Waals surface area contributed by atoms with Crippen LogP contribution in [0.5, 0.6) is 0 Å². The number of primary amides is 1. The molecule has 128 valence electrons. The van der Waals surface area contributed by atoms with E-state index in [1.807, 2.05) is 44.2 Å². The van der Waals surface area contributed by atoms with Crippen molar-refractivity contribution >= 4 is 28.2 Å². The summed E-state index contributed by atoms with van der Waals surface area (Å²) in [5.74, 6) is -0.902. The van der Waals surface area contributed by atoms with Crippen LogP contribution in [0.15, 0.2) is 48.7 Å². The van der Waals surface area contributed by atoms with Crippen molar-refractivity contribution in [2.24, 2.45) is 5.73 Å². The molecule has 0 spiro atoms. The number of nitrogens with two attached hydrogens (primary N) is 1. The van der Waals surface area contributed by atoms with E-state index in [-0.39, 0.29) is 11.9 Å². The van der Waals surface area contributed by atoms with Gasteiger partial charge in [-0.1, -0.05) is 30.3 Å². The van der Waals surface area contributed by atoms with Crippen molar-refractivity contribution < 1.29 is 9.59 Å². The van der Waals surface area contributed by atoms with Gasteiger partial charge in [0, 0.05) is 17.1 Å². The summed E-state index contributed by atoms with van der Waals surface area (Å²) in [4.78, 5) is 25.2. The van der Waals surface area contributed by atoms with E-state index in [2.05, 4.69) is 10.4 Å². The van der Waals surface area contributed by atoms with Crippen molar-refractivity contribution in [2.45, 2.75) is 19.9 Å². The highest BCUT2D eigenvalue weighted by Crippen LogP contribution is 2.35. The maximum absolute atomic E-state index is 12.6. The van der Waals surface area contributed by atoms with E-state index in [1.54, 1.807) is 23.0 Å². The van der Waals surface area contributed by atoms with E-state index in [0.29, 0.717) is 16.3 Å². The molecule has 3 N–H and O–H groups in total. The molecule has 0 saturated heterocycles. The molecule has 2 amide bonds. The molecule has 0 saturated carbocycles. The molecule has 3 aromatic rings. The van der Waals surface area contributed by atoms with Gasteiger partial charge in [-0.25, -0.2) is 0 Å². The van der Waals surface area contributed by atoms with E-state index in [1.165, 1.54) is 11.3 Å². The summed E-state index contributed by atoms with van der Waals surface area (Å²) < 4.78 is 1.63. The smallest absolute Gasteiger partial charge is 0.274 e. The van der Waals surface area contributed by atoms with Gasteiger partial charge in [0.1, 0.15) is 10.7 Å². The van der Waals surface area contributed by atoms with Crippen LogP contribution < -0.4 is 11.1 Å². The molecule has 0 aliphatic rings. The second-order valence-electron chi connectivity index (χ2n) is 5.79. The molecule has 0 aliphatic carbocycles. The Kier molecular flexibility index (Phi) is 4.67. The predicted molar refractivity (Wildman–Crippen MR) is 98.8 cm³/mol. The summed E-state index contributed by atoms with van der Waals surface area (Å²) in [6.07, 6.45) is 1.58. The molecule has 0 radical (unpaired) electrons. The van der Waals surface area contributed by atoms with Crippen molar-refractivity contribution in [3.8, 4) is 10.4 Å². The van der Waals surface area contributed by atoms with Crippen molar-refractivity contribution in [1.82, 2.24) is 9.78 Å². The molecular weight excluding hydrogens is 336 g/mol. The fraction of sp³-hybridized carbons (Fsp3) is 0.167. The number of carbonyl (C=O) groups is 2. The van der Waals surface area contributed by atoms with Crippen LogP contribution in [-0.2, 0) is 0 Å². The number of rotatable bonds is 5. The average Bonchev–Trinajstić information content (AvgIpc) is 3.22. The zero-order valence-electron chi connectivity index (χ0n) is 13.9. The molecule has 2 aromatic heterocycles.